The molecule has 6 nitrogen and oxygen atoms in total. The van der Waals surface area contributed by atoms with Gasteiger partial charge in [0.1, 0.15) is 0 Å². The fourth-order valence-corrected chi connectivity index (χ4v) is 1.79. The van der Waals surface area contributed by atoms with E-state index < -0.39 is 0 Å². The van der Waals surface area contributed by atoms with Crippen LogP contribution in [0.25, 0.3) is 0 Å². The van der Waals surface area contributed by atoms with Crippen LogP contribution in [-0.2, 0) is 19.1 Å². The summed E-state index contributed by atoms with van der Waals surface area (Å²) in [6.07, 6.45) is 3.71. The summed E-state index contributed by atoms with van der Waals surface area (Å²) in [7, 11) is 0. The fourth-order valence-electron chi connectivity index (χ4n) is 1.79. The summed E-state index contributed by atoms with van der Waals surface area (Å²) in [5.74, 6) is 0.638. The van der Waals surface area contributed by atoms with Crippen LogP contribution >= 0.6 is 0 Å². The van der Waals surface area contributed by atoms with Crippen LogP contribution in [0.2, 0.25) is 0 Å². The molecule has 0 radical (unpaired) electrons. The maximum Gasteiger partial charge on any atom is 0.314 e. The van der Waals surface area contributed by atoms with Crippen LogP contribution in [0.3, 0.4) is 0 Å². The topological polar surface area (TPSA) is 77.3 Å². The maximum atomic E-state index is 11.0. The van der Waals surface area contributed by atoms with E-state index in [2.05, 4.69) is 9.98 Å². The molecule has 0 bridgehead atoms. The highest BCUT2D eigenvalue weighted by Gasteiger charge is 2.15. The van der Waals surface area contributed by atoms with Crippen LogP contribution in [0, 0.1) is 0 Å². The summed E-state index contributed by atoms with van der Waals surface area (Å²) in [5.41, 5.74) is 0. The van der Waals surface area contributed by atoms with Gasteiger partial charge < -0.3 is 9.47 Å². The van der Waals surface area contributed by atoms with Crippen molar-refractivity contribution < 1.29 is 19.1 Å². The summed E-state index contributed by atoms with van der Waals surface area (Å²) in [4.78, 5) is 30.3. The SMILES string of the molecule is O=C1CCN=C(CCCCC2=NCCC(=O)O2)O1. The Morgan fingerprint density at radius 2 is 1.28 bits per heavy atom. The second-order valence-corrected chi connectivity index (χ2v) is 4.21. The minimum Gasteiger partial charge on any atom is -0.412 e. The van der Waals surface area contributed by atoms with E-state index in [1.165, 1.54) is 0 Å². The van der Waals surface area contributed by atoms with Gasteiger partial charge in [-0.1, -0.05) is 0 Å². The predicted molar refractivity (Wildman–Crippen MR) is 64.5 cm³/mol. The lowest BCUT2D eigenvalue weighted by Gasteiger charge is -2.13. The largest absolute Gasteiger partial charge is 0.412 e. The van der Waals surface area contributed by atoms with Crippen molar-refractivity contribution in [1.82, 2.24) is 0 Å². The van der Waals surface area contributed by atoms with Crippen molar-refractivity contribution in [3.63, 3.8) is 0 Å². The van der Waals surface area contributed by atoms with E-state index in [-0.39, 0.29) is 11.9 Å². The molecule has 98 valence electrons. The zero-order valence-electron chi connectivity index (χ0n) is 10.2. The first-order valence-corrected chi connectivity index (χ1v) is 6.22. The molecular weight excluding hydrogens is 236 g/mol. The molecule has 0 spiro atoms. The molecule has 0 amide bonds. The van der Waals surface area contributed by atoms with Crippen LogP contribution < -0.4 is 0 Å². The number of unbranched alkanes of at least 4 members (excludes halogenated alkanes) is 1. The second kappa shape index (κ2) is 6.28. The molecule has 0 aromatic heterocycles. The standard InChI is InChI=1S/C12H16N2O4/c15-11-5-7-13-9(17-11)3-1-2-4-10-14-8-6-12(16)18-10/h1-8H2. The van der Waals surface area contributed by atoms with Gasteiger partial charge in [-0.05, 0) is 12.8 Å². The summed E-state index contributed by atoms with van der Waals surface area (Å²) in [6, 6.07) is 0. The van der Waals surface area contributed by atoms with E-state index in [0.29, 0.717) is 50.6 Å². The van der Waals surface area contributed by atoms with Crippen molar-refractivity contribution in [2.24, 2.45) is 9.98 Å². The minimum atomic E-state index is -0.203. The van der Waals surface area contributed by atoms with Gasteiger partial charge in [-0.3, -0.25) is 19.6 Å². The molecule has 2 heterocycles. The molecule has 0 atom stereocenters. The van der Waals surface area contributed by atoms with Crippen molar-refractivity contribution in [3.8, 4) is 0 Å². The van der Waals surface area contributed by atoms with Gasteiger partial charge in [0.15, 0.2) is 11.8 Å². The van der Waals surface area contributed by atoms with Crippen molar-refractivity contribution in [2.45, 2.75) is 38.5 Å². The number of nitrogens with zero attached hydrogens (tertiary/aromatic N) is 2. The molecule has 2 aliphatic heterocycles. The molecule has 0 N–H and O–H groups in total. The molecule has 6 heteroatoms. The van der Waals surface area contributed by atoms with Crippen molar-refractivity contribution in [1.29, 1.82) is 0 Å². The highest BCUT2D eigenvalue weighted by Crippen LogP contribution is 2.10. The Kier molecular flexibility index (Phi) is 4.44. The molecule has 0 unspecified atom stereocenters. The zero-order valence-corrected chi connectivity index (χ0v) is 10.2. The van der Waals surface area contributed by atoms with E-state index in [0.717, 1.165) is 12.8 Å². The number of hydrogen-bond acceptors (Lipinski definition) is 6. The number of ether oxygens (including phenoxy) is 2. The molecule has 0 aromatic carbocycles. The summed E-state index contributed by atoms with van der Waals surface area (Å²) in [6.45, 7) is 1.05. The third-order valence-corrected chi connectivity index (χ3v) is 2.70. The number of cyclic esters (lactones) is 2. The summed E-state index contributed by atoms with van der Waals surface area (Å²) >= 11 is 0. The average Bonchev–Trinajstić information content (AvgIpc) is 2.35. The van der Waals surface area contributed by atoms with Gasteiger partial charge >= 0.3 is 11.9 Å². The number of aliphatic imine (C=N–C) groups is 2. The minimum absolute atomic E-state index is 0.203. The molecule has 18 heavy (non-hydrogen) atoms. The van der Waals surface area contributed by atoms with Crippen molar-refractivity contribution in [2.75, 3.05) is 13.1 Å². The fraction of sp³-hybridized carbons (Fsp3) is 0.667. The van der Waals surface area contributed by atoms with Gasteiger partial charge in [0, 0.05) is 12.8 Å². The van der Waals surface area contributed by atoms with E-state index in [9.17, 15) is 9.59 Å². The number of carbonyl (C=O) groups excluding carboxylic acids is 2. The zero-order chi connectivity index (χ0) is 12.8. The normalized spacial score (nSPS) is 19.8. The Hall–Kier alpha value is -1.72. The molecule has 0 aliphatic carbocycles. The first kappa shape index (κ1) is 12.7. The van der Waals surface area contributed by atoms with E-state index >= 15 is 0 Å². The van der Waals surface area contributed by atoms with Gasteiger partial charge in [0.2, 0.25) is 0 Å². The van der Waals surface area contributed by atoms with E-state index in [1.807, 2.05) is 0 Å². The Balaban J connectivity index is 1.64. The van der Waals surface area contributed by atoms with Crippen LogP contribution in [0.4, 0.5) is 0 Å². The summed E-state index contributed by atoms with van der Waals surface area (Å²) < 4.78 is 9.98. The quantitative estimate of drug-likeness (QED) is 0.544. The molecular formula is C12H16N2O4. The van der Waals surface area contributed by atoms with Gasteiger partial charge in [-0.2, -0.15) is 0 Å². The number of rotatable bonds is 5. The third-order valence-electron chi connectivity index (χ3n) is 2.70. The molecule has 0 aromatic rings. The second-order valence-electron chi connectivity index (χ2n) is 4.21. The number of esters is 2. The van der Waals surface area contributed by atoms with Gasteiger partial charge in [0.05, 0.1) is 25.9 Å². The van der Waals surface area contributed by atoms with E-state index in [4.69, 9.17) is 9.47 Å². The maximum absolute atomic E-state index is 11.0. The monoisotopic (exact) mass is 252 g/mol. The first-order valence-electron chi connectivity index (χ1n) is 6.22. The lowest BCUT2D eigenvalue weighted by atomic mass is 10.2. The van der Waals surface area contributed by atoms with Crippen molar-refractivity contribution in [3.05, 3.63) is 0 Å². The van der Waals surface area contributed by atoms with Gasteiger partial charge in [-0.15, -0.1) is 0 Å². The first-order chi connectivity index (χ1) is 8.74. The molecule has 0 saturated carbocycles. The number of carbonyl (C=O) groups is 2. The Morgan fingerprint density at radius 1 is 0.833 bits per heavy atom. The molecule has 0 fully saturated rings. The molecule has 2 aliphatic rings. The van der Waals surface area contributed by atoms with Crippen LogP contribution in [0.1, 0.15) is 38.5 Å². The third kappa shape index (κ3) is 3.94. The number of hydrogen-bond donors (Lipinski definition) is 0. The predicted octanol–water partition coefficient (Wildman–Crippen LogP) is 1.24. The highest BCUT2D eigenvalue weighted by molar-refractivity contribution is 5.91. The van der Waals surface area contributed by atoms with Crippen LogP contribution in [0.15, 0.2) is 9.98 Å². The Bertz CT molecular complexity index is 363. The Morgan fingerprint density at radius 3 is 1.67 bits per heavy atom. The van der Waals surface area contributed by atoms with E-state index in [1.54, 1.807) is 0 Å². The van der Waals surface area contributed by atoms with Crippen LogP contribution in [0.5, 0.6) is 0 Å². The summed E-state index contributed by atoms with van der Waals surface area (Å²) in [5, 5.41) is 0. The average molecular weight is 252 g/mol. The highest BCUT2D eigenvalue weighted by atomic mass is 16.5. The Labute approximate surface area is 105 Å². The lowest BCUT2D eigenvalue weighted by molar-refractivity contribution is -0.137. The van der Waals surface area contributed by atoms with Gasteiger partial charge in [-0.25, -0.2) is 0 Å². The van der Waals surface area contributed by atoms with Gasteiger partial charge in [0.25, 0.3) is 0 Å². The molecule has 0 saturated heterocycles. The molecule has 2 rings (SSSR count). The van der Waals surface area contributed by atoms with Crippen molar-refractivity contribution >= 4 is 23.7 Å². The van der Waals surface area contributed by atoms with Crippen LogP contribution in [-0.4, -0.2) is 36.8 Å². The smallest absolute Gasteiger partial charge is 0.314 e. The lowest BCUT2D eigenvalue weighted by Crippen LogP contribution is -2.20.